The molecule has 1 atom stereocenters. The van der Waals surface area contributed by atoms with E-state index in [2.05, 4.69) is 5.10 Å². The van der Waals surface area contributed by atoms with Crippen LogP contribution in [0.15, 0.2) is 54.7 Å². The Labute approximate surface area is 223 Å². The van der Waals surface area contributed by atoms with Crippen LogP contribution in [-0.4, -0.2) is 50.3 Å². The molecule has 1 aliphatic rings. The minimum absolute atomic E-state index is 0.000793. The van der Waals surface area contributed by atoms with Crippen molar-refractivity contribution < 1.29 is 32.3 Å². The topological polar surface area (TPSA) is 108 Å². The number of rotatable bonds is 8. The Hall–Kier alpha value is -4.15. The molecule has 2 aromatic carbocycles. The molecular formula is C28H29F3N4O4. The molecule has 0 saturated carbocycles. The number of ether oxygens (including phenoxy) is 1. The SMILES string of the molecule is CC(C)(C)OC(=O)CC[C@@H](C(N)=O)N1Cc2cc(-c3cnn(CC(F)(F)F)c3-c3ccccc3)ccc2C1=O. The maximum atomic E-state index is 13.3. The summed E-state index contributed by atoms with van der Waals surface area (Å²) in [5, 5.41) is 4.01. The third-order valence-corrected chi connectivity index (χ3v) is 6.21. The van der Waals surface area contributed by atoms with E-state index in [4.69, 9.17) is 10.5 Å². The van der Waals surface area contributed by atoms with Crippen LogP contribution in [-0.2, 0) is 27.4 Å². The maximum Gasteiger partial charge on any atom is 0.408 e. The summed E-state index contributed by atoms with van der Waals surface area (Å²) in [6.07, 6.45) is -3.20. The van der Waals surface area contributed by atoms with Crippen LogP contribution in [0, 0.1) is 0 Å². The van der Waals surface area contributed by atoms with E-state index in [1.807, 2.05) is 0 Å². The van der Waals surface area contributed by atoms with Gasteiger partial charge in [0, 0.05) is 29.7 Å². The first-order valence-electron chi connectivity index (χ1n) is 12.4. The molecule has 0 spiro atoms. The fraction of sp³-hybridized carbons (Fsp3) is 0.357. The number of carbonyl (C=O) groups excluding carboxylic acids is 3. The normalized spacial score (nSPS) is 14.3. The van der Waals surface area contributed by atoms with Crippen LogP contribution in [0.2, 0.25) is 0 Å². The molecule has 0 fully saturated rings. The molecule has 0 saturated heterocycles. The number of alkyl halides is 3. The van der Waals surface area contributed by atoms with Crippen molar-refractivity contribution in [2.24, 2.45) is 5.73 Å². The summed E-state index contributed by atoms with van der Waals surface area (Å²) in [6, 6.07) is 12.5. The lowest BCUT2D eigenvalue weighted by Crippen LogP contribution is -2.45. The number of halogens is 3. The molecule has 2 amide bonds. The van der Waals surface area contributed by atoms with Gasteiger partial charge in [0.1, 0.15) is 18.2 Å². The molecule has 2 N–H and O–H groups in total. The Balaban J connectivity index is 1.63. The fourth-order valence-electron chi connectivity index (χ4n) is 4.65. The van der Waals surface area contributed by atoms with E-state index in [9.17, 15) is 27.6 Å². The molecule has 39 heavy (non-hydrogen) atoms. The Morgan fingerprint density at radius 1 is 1.05 bits per heavy atom. The van der Waals surface area contributed by atoms with E-state index < -0.39 is 42.1 Å². The van der Waals surface area contributed by atoms with E-state index in [0.717, 1.165) is 4.68 Å². The van der Waals surface area contributed by atoms with Gasteiger partial charge in [0.15, 0.2) is 0 Å². The van der Waals surface area contributed by atoms with Gasteiger partial charge in [-0.2, -0.15) is 18.3 Å². The Bertz CT molecular complexity index is 1390. The van der Waals surface area contributed by atoms with Crippen LogP contribution in [0.25, 0.3) is 22.4 Å². The molecule has 3 aromatic rings. The monoisotopic (exact) mass is 542 g/mol. The van der Waals surface area contributed by atoms with Crippen molar-refractivity contribution in [2.45, 2.75) is 64.5 Å². The van der Waals surface area contributed by atoms with Gasteiger partial charge in [-0.15, -0.1) is 0 Å². The molecule has 11 heteroatoms. The molecular weight excluding hydrogens is 513 g/mol. The highest BCUT2D eigenvalue weighted by Gasteiger charge is 2.36. The summed E-state index contributed by atoms with van der Waals surface area (Å²) in [7, 11) is 0. The number of fused-ring (bicyclic) bond motifs is 1. The highest BCUT2D eigenvalue weighted by Crippen LogP contribution is 2.36. The number of hydrogen-bond acceptors (Lipinski definition) is 5. The Kier molecular flexibility index (Phi) is 7.54. The van der Waals surface area contributed by atoms with Gasteiger partial charge in [0.05, 0.1) is 11.9 Å². The maximum absolute atomic E-state index is 13.3. The minimum atomic E-state index is -4.47. The van der Waals surface area contributed by atoms with Crippen molar-refractivity contribution in [3.8, 4) is 22.4 Å². The number of aromatic nitrogens is 2. The van der Waals surface area contributed by atoms with E-state index in [1.54, 1.807) is 69.3 Å². The number of esters is 1. The third-order valence-electron chi connectivity index (χ3n) is 6.21. The van der Waals surface area contributed by atoms with Gasteiger partial charge in [-0.1, -0.05) is 36.4 Å². The first-order chi connectivity index (χ1) is 18.2. The standard InChI is InChI=1S/C28H29F3N4O4/c1-27(2,3)39-23(36)12-11-22(25(32)37)34-15-19-13-18(9-10-20(19)26(34)38)21-14-33-35(16-28(29,30)31)24(21)17-7-5-4-6-8-17/h4-10,13-14,22H,11-12,15-16H2,1-3H3,(H2,32,37)/t22-/m0/s1. The van der Waals surface area contributed by atoms with E-state index in [1.165, 1.54) is 11.1 Å². The zero-order valence-electron chi connectivity index (χ0n) is 21.8. The molecule has 0 radical (unpaired) electrons. The van der Waals surface area contributed by atoms with Gasteiger partial charge in [0.2, 0.25) is 5.91 Å². The van der Waals surface area contributed by atoms with Crippen LogP contribution in [0.4, 0.5) is 13.2 Å². The first-order valence-corrected chi connectivity index (χ1v) is 12.4. The van der Waals surface area contributed by atoms with Crippen molar-refractivity contribution in [3.63, 3.8) is 0 Å². The van der Waals surface area contributed by atoms with Crippen LogP contribution in [0.5, 0.6) is 0 Å². The van der Waals surface area contributed by atoms with Gasteiger partial charge in [0.25, 0.3) is 5.91 Å². The van der Waals surface area contributed by atoms with Gasteiger partial charge < -0.3 is 15.4 Å². The highest BCUT2D eigenvalue weighted by atomic mass is 19.4. The minimum Gasteiger partial charge on any atom is -0.460 e. The molecule has 4 rings (SSSR count). The lowest BCUT2D eigenvalue weighted by molar-refractivity contribution is -0.155. The Morgan fingerprint density at radius 3 is 2.36 bits per heavy atom. The van der Waals surface area contributed by atoms with Crippen LogP contribution >= 0.6 is 0 Å². The van der Waals surface area contributed by atoms with Gasteiger partial charge in [-0.05, 0) is 50.5 Å². The van der Waals surface area contributed by atoms with Crippen LogP contribution < -0.4 is 5.73 Å². The Morgan fingerprint density at radius 2 is 1.74 bits per heavy atom. The second-order valence-electron chi connectivity index (χ2n) is 10.4. The smallest absolute Gasteiger partial charge is 0.408 e. The number of amides is 2. The molecule has 206 valence electrons. The molecule has 8 nitrogen and oxygen atoms in total. The predicted molar refractivity (Wildman–Crippen MR) is 137 cm³/mol. The number of nitrogens with two attached hydrogens (primary N) is 1. The molecule has 1 aromatic heterocycles. The van der Waals surface area contributed by atoms with Crippen molar-refractivity contribution in [1.29, 1.82) is 0 Å². The summed E-state index contributed by atoms with van der Waals surface area (Å²) in [5.74, 6) is -1.68. The third kappa shape index (κ3) is 6.47. The summed E-state index contributed by atoms with van der Waals surface area (Å²) < 4.78 is 46.0. The number of benzene rings is 2. The van der Waals surface area contributed by atoms with E-state index in [-0.39, 0.29) is 19.4 Å². The largest absolute Gasteiger partial charge is 0.460 e. The van der Waals surface area contributed by atoms with Crippen molar-refractivity contribution in [1.82, 2.24) is 14.7 Å². The van der Waals surface area contributed by atoms with Crippen LogP contribution in [0.1, 0.15) is 49.5 Å². The number of nitrogens with zero attached hydrogens (tertiary/aromatic N) is 3. The zero-order chi connectivity index (χ0) is 28.5. The average molecular weight is 543 g/mol. The van der Waals surface area contributed by atoms with Gasteiger partial charge in [-0.3, -0.25) is 19.1 Å². The molecule has 1 aliphatic heterocycles. The number of primary amides is 1. The summed E-state index contributed by atoms with van der Waals surface area (Å²) in [4.78, 5) is 38.9. The van der Waals surface area contributed by atoms with Gasteiger partial charge in [-0.25, -0.2) is 0 Å². The quantitative estimate of drug-likeness (QED) is 0.415. The van der Waals surface area contributed by atoms with E-state index in [0.29, 0.717) is 33.5 Å². The first kappa shape index (κ1) is 27.9. The predicted octanol–water partition coefficient (Wildman–Crippen LogP) is 4.71. The van der Waals surface area contributed by atoms with Crippen molar-refractivity contribution in [3.05, 3.63) is 65.9 Å². The number of carbonyl (C=O) groups is 3. The summed E-state index contributed by atoms with van der Waals surface area (Å²) in [6.45, 7) is 3.98. The zero-order valence-corrected chi connectivity index (χ0v) is 21.8. The number of hydrogen-bond donors (Lipinski definition) is 1. The van der Waals surface area contributed by atoms with Crippen LogP contribution in [0.3, 0.4) is 0 Å². The summed E-state index contributed by atoms with van der Waals surface area (Å²) in [5.41, 5.74) is 7.73. The highest BCUT2D eigenvalue weighted by molar-refractivity contribution is 6.01. The summed E-state index contributed by atoms with van der Waals surface area (Å²) >= 11 is 0. The molecule has 2 heterocycles. The molecule has 0 bridgehead atoms. The van der Waals surface area contributed by atoms with E-state index >= 15 is 0 Å². The lowest BCUT2D eigenvalue weighted by atomic mass is 9.98. The van der Waals surface area contributed by atoms with Crippen molar-refractivity contribution >= 4 is 17.8 Å². The average Bonchev–Trinajstić information content (AvgIpc) is 3.38. The molecule has 0 unspecified atom stereocenters. The fourth-order valence-corrected chi connectivity index (χ4v) is 4.65. The van der Waals surface area contributed by atoms with Crippen molar-refractivity contribution in [2.75, 3.05) is 0 Å². The second kappa shape index (κ2) is 10.5. The second-order valence-corrected chi connectivity index (χ2v) is 10.4. The van der Waals surface area contributed by atoms with Gasteiger partial charge >= 0.3 is 12.1 Å². The lowest BCUT2D eigenvalue weighted by Gasteiger charge is -2.25. The molecule has 0 aliphatic carbocycles.